The molecule has 9 nitrogen and oxygen atoms in total. The summed E-state index contributed by atoms with van der Waals surface area (Å²) in [5.41, 5.74) is 2.68. The number of fused-ring (bicyclic) bond motifs is 1. The summed E-state index contributed by atoms with van der Waals surface area (Å²) in [5, 5.41) is 10.3. The van der Waals surface area contributed by atoms with Crippen LogP contribution in [0.4, 0.5) is 17.6 Å². The normalized spacial score (nSPS) is 18.1. The zero-order valence-corrected chi connectivity index (χ0v) is 25.2. The van der Waals surface area contributed by atoms with Gasteiger partial charge in [-0.15, -0.1) is 0 Å². The molecule has 45 heavy (non-hydrogen) atoms. The molecule has 2 N–H and O–H groups in total. The van der Waals surface area contributed by atoms with E-state index in [-0.39, 0.29) is 19.4 Å². The van der Waals surface area contributed by atoms with E-state index in [1.807, 2.05) is 4.90 Å². The van der Waals surface area contributed by atoms with Crippen molar-refractivity contribution in [2.45, 2.75) is 38.4 Å². The van der Waals surface area contributed by atoms with Crippen molar-refractivity contribution in [3.63, 3.8) is 0 Å². The topological polar surface area (TPSA) is 96.4 Å². The molecule has 0 aliphatic carbocycles. The van der Waals surface area contributed by atoms with Gasteiger partial charge in [0.25, 0.3) is 0 Å². The number of ether oxygens (including phenoxy) is 3. The number of likely N-dealkylation sites (tertiary alicyclic amines) is 1. The number of hydrogen-bond donors (Lipinski definition) is 2. The standard InChI is InChI=1S/C32H38F4N4O5/c1-43-23-2-3-27-24(18-23)29(21(19-37-27)20-40-10-13-44-14-11-40)25(34)4-5-32(31(41)38-42)6-8-39(9-7-32)12-15-45-28-17-22(33)16-26(35)30(28)36/h2-3,16-19,25,42H,4-15,20H2,1H3,(H,38,41)/t25-/m1/s1. The van der Waals surface area contributed by atoms with Crippen LogP contribution in [-0.2, 0) is 16.1 Å². The summed E-state index contributed by atoms with van der Waals surface area (Å²) in [6, 6.07) is 6.59. The number of carbonyl (C=O) groups is 1. The highest BCUT2D eigenvalue weighted by Gasteiger charge is 2.42. The average Bonchev–Trinajstić information content (AvgIpc) is 3.06. The highest BCUT2D eigenvalue weighted by atomic mass is 19.2. The Morgan fingerprint density at radius 1 is 1.11 bits per heavy atom. The van der Waals surface area contributed by atoms with Crippen LogP contribution in [0.3, 0.4) is 0 Å². The van der Waals surface area contributed by atoms with Gasteiger partial charge < -0.3 is 14.2 Å². The molecule has 2 aliphatic heterocycles. The molecule has 3 aromatic rings. The minimum Gasteiger partial charge on any atom is -0.497 e. The van der Waals surface area contributed by atoms with Gasteiger partial charge in [0.2, 0.25) is 11.7 Å². The number of methoxy groups -OCH3 is 1. The largest absolute Gasteiger partial charge is 0.497 e. The lowest BCUT2D eigenvalue weighted by Crippen LogP contribution is -2.49. The number of hydroxylamine groups is 1. The lowest BCUT2D eigenvalue weighted by Gasteiger charge is -2.40. The van der Waals surface area contributed by atoms with Gasteiger partial charge in [-0.2, -0.15) is 4.39 Å². The van der Waals surface area contributed by atoms with Crippen LogP contribution in [0.25, 0.3) is 10.9 Å². The first kappa shape index (κ1) is 32.9. The van der Waals surface area contributed by atoms with Crippen molar-refractivity contribution in [1.82, 2.24) is 20.3 Å². The van der Waals surface area contributed by atoms with Gasteiger partial charge in [0.05, 0.1) is 31.3 Å². The Balaban J connectivity index is 1.27. The fraction of sp³-hybridized carbons (Fsp3) is 0.500. The summed E-state index contributed by atoms with van der Waals surface area (Å²) in [4.78, 5) is 21.7. The maximum absolute atomic E-state index is 16.5. The van der Waals surface area contributed by atoms with Crippen LogP contribution >= 0.6 is 0 Å². The van der Waals surface area contributed by atoms with Crippen LogP contribution in [0.5, 0.6) is 11.5 Å². The fourth-order valence-corrected chi connectivity index (χ4v) is 6.24. The highest BCUT2D eigenvalue weighted by molar-refractivity contribution is 5.85. The van der Waals surface area contributed by atoms with Gasteiger partial charge in [0.1, 0.15) is 24.3 Å². The number of nitrogens with one attached hydrogen (secondary N) is 1. The first-order chi connectivity index (χ1) is 21.7. The molecule has 2 aromatic carbocycles. The molecule has 0 radical (unpaired) electrons. The molecule has 0 bridgehead atoms. The third-order valence-electron chi connectivity index (χ3n) is 8.91. The number of aromatic nitrogens is 1. The predicted molar refractivity (Wildman–Crippen MR) is 157 cm³/mol. The molecule has 1 atom stereocenters. The summed E-state index contributed by atoms with van der Waals surface area (Å²) in [6.45, 7) is 4.29. The Labute approximate surface area is 259 Å². The third-order valence-corrected chi connectivity index (χ3v) is 8.91. The van der Waals surface area contributed by atoms with Crippen molar-refractivity contribution in [2.24, 2.45) is 5.41 Å². The molecule has 244 valence electrons. The molecule has 0 saturated carbocycles. The summed E-state index contributed by atoms with van der Waals surface area (Å²) < 4.78 is 73.5. The molecule has 2 aliphatic rings. The van der Waals surface area contributed by atoms with E-state index in [0.717, 1.165) is 24.7 Å². The zero-order valence-electron chi connectivity index (χ0n) is 25.2. The average molecular weight is 635 g/mol. The van der Waals surface area contributed by atoms with E-state index in [4.69, 9.17) is 14.2 Å². The number of hydrogen-bond acceptors (Lipinski definition) is 8. The summed E-state index contributed by atoms with van der Waals surface area (Å²) >= 11 is 0. The minimum atomic E-state index is -1.42. The van der Waals surface area contributed by atoms with E-state index in [9.17, 15) is 23.2 Å². The summed E-state index contributed by atoms with van der Waals surface area (Å²) in [5.74, 6) is -4.04. The second kappa shape index (κ2) is 14.7. The molecule has 0 unspecified atom stereocenters. The number of rotatable bonds is 12. The first-order valence-corrected chi connectivity index (χ1v) is 15.1. The van der Waals surface area contributed by atoms with E-state index < -0.39 is 40.7 Å². The quantitative estimate of drug-likeness (QED) is 0.125. The van der Waals surface area contributed by atoms with E-state index in [0.29, 0.717) is 80.5 Å². The van der Waals surface area contributed by atoms with Gasteiger partial charge in [-0.25, -0.2) is 18.7 Å². The molecule has 1 amide bonds. The van der Waals surface area contributed by atoms with Gasteiger partial charge in [-0.1, -0.05) is 0 Å². The van der Waals surface area contributed by atoms with Gasteiger partial charge in [-0.3, -0.25) is 24.8 Å². The smallest absolute Gasteiger partial charge is 0.249 e. The fourth-order valence-electron chi connectivity index (χ4n) is 6.24. The van der Waals surface area contributed by atoms with Crippen LogP contribution in [0.15, 0.2) is 36.5 Å². The number of pyridine rings is 1. The van der Waals surface area contributed by atoms with E-state index >= 15 is 4.39 Å². The maximum atomic E-state index is 16.5. The number of halogens is 4. The van der Waals surface area contributed by atoms with Gasteiger partial charge in [0.15, 0.2) is 11.6 Å². The Morgan fingerprint density at radius 2 is 1.87 bits per heavy atom. The maximum Gasteiger partial charge on any atom is 0.249 e. The van der Waals surface area contributed by atoms with Crippen molar-refractivity contribution < 1.29 is 41.8 Å². The molecule has 5 rings (SSSR count). The summed E-state index contributed by atoms with van der Waals surface area (Å²) in [7, 11) is 1.55. The van der Waals surface area contributed by atoms with Crippen LogP contribution in [0, 0.1) is 22.9 Å². The van der Waals surface area contributed by atoms with E-state index in [1.165, 1.54) is 0 Å². The minimum absolute atomic E-state index is 0.0317. The third kappa shape index (κ3) is 7.66. The molecule has 13 heteroatoms. The first-order valence-electron chi connectivity index (χ1n) is 15.1. The Kier molecular flexibility index (Phi) is 10.7. The number of alkyl halides is 1. The van der Waals surface area contributed by atoms with Crippen molar-refractivity contribution in [1.29, 1.82) is 0 Å². The van der Waals surface area contributed by atoms with Crippen LogP contribution < -0.4 is 15.0 Å². The van der Waals surface area contributed by atoms with E-state index in [1.54, 1.807) is 37.0 Å². The molecule has 1 aromatic heterocycles. The molecule has 0 spiro atoms. The molecule has 2 fully saturated rings. The summed E-state index contributed by atoms with van der Waals surface area (Å²) in [6.07, 6.45) is 1.18. The van der Waals surface area contributed by atoms with Crippen molar-refractivity contribution in [2.75, 3.05) is 59.7 Å². The second-order valence-corrected chi connectivity index (χ2v) is 11.6. The van der Waals surface area contributed by atoms with Gasteiger partial charge in [-0.05, 0) is 62.5 Å². The molecule has 3 heterocycles. The Hall–Kier alpha value is -3.52. The highest BCUT2D eigenvalue weighted by Crippen LogP contribution is 2.42. The number of carbonyl (C=O) groups excluding carboxylic acids is 1. The number of amides is 1. The van der Waals surface area contributed by atoms with Crippen LogP contribution in [0.1, 0.15) is 43.0 Å². The van der Waals surface area contributed by atoms with Crippen molar-refractivity contribution in [3.8, 4) is 11.5 Å². The Bertz CT molecular complexity index is 1480. The predicted octanol–water partition coefficient (Wildman–Crippen LogP) is 4.95. The van der Waals surface area contributed by atoms with E-state index in [2.05, 4.69) is 9.88 Å². The number of morpholine rings is 1. The SMILES string of the molecule is COc1ccc2ncc(CN3CCOCC3)c([C@H](F)CCC3(C(=O)NO)CCN(CCOc4cc(F)cc(F)c4F)CC3)c2c1. The zero-order chi connectivity index (χ0) is 32.0. The molecular formula is C32H38F4N4O5. The number of nitrogens with zero attached hydrogens (tertiary/aromatic N) is 3. The number of benzene rings is 2. The van der Waals surface area contributed by atoms with Crippen molar-refractivity contribution >= 4 is 16.8 Å². The lowest BCUT2D eigenvalue weighted by atomic mass is 9.73. The Morgan fingerprint density at radius 3 is 2.58 bits per heavy atom. The number of piperidine rings is 1. The lowest BCUT2D eigenvalue weighted by molar-refractivity contribution is -0.143. The molecular weight excluding hydrogens is 596 g/mol. The van der Waals surface area contributed by atoms with Crippen LogP contribution in [0.2, 0.25) is 0 Å². The van der Waals surface area contributed by atoms with Crippen LogP contribution in [-0.4, -0.2) is 85.6 Å². The van der Waals surface area contributed by atoms with Crippen molar-refractivity contribution in [3.05, 3.63) is 65.1 Å². The molecule has 2 saturated heterocycles. The second-order valence-electron chi connectivity index (χ2n) is 11.6. The van der Waals surface area contributed by atoms with Gasteiger partial charge >= 0.3 is 0 Å². The monoisotopic (exact) mass is 634 g/mol. The van der Waals surface area contributed by atoms with Gasteiger partial charge in [0, 0.05) is 55.5 Å².